The topological polar surface area (TPSA) is 60.9 Å². The number of hydrogen-bond acceptors (Lipinski definition) is 6. The van der Waals surface area contributed by atoms with E-state index < -0.39 is 6.17 Å². The Morgan fingerprint density at radius 3 is 2.85 bits per heavy atom. The minimum atomic E-state index is -0.926. The van der Waals surface area contributed by atoms with Crippen LogP contribution in [0.25, 0.3) is 0 Å². The van der Waals surface area contributed by atoms with Gasteiger partial charge in [0.15, 0.2) is 5.88 Å². The van der Waals surface area contributed by atoms with Crippen LogP contribution in [0.4, 0.5) is 4.39 Å². The van der Waals surface area contributed by atoms with Gasteiger partial charge in [0.25, 0.3) is 0 Å². The second-order valence-electron chi connectivity index (χ2n) is 6.78. The first-order valence-corrected chi connectivity index (χ1v) is 9.41. The zero-order chi connectivity index (χ0) is 19.8. The lowest BCUT2D eigenvalue weighted by Crippen LogP contribution is -2.37. The average molecular weight is 378 g/mol. The first kappa shape index (κ1) is 21.0. The van der Waals surface area contributed by atoms with Crippen LogP contribution in [-0.2, 0) is 4.74 Å². The fraction of sp³-hybridized carbons (Fsp3) is 0.550. The molecular weight excluding hydrogens is 345 g/mol. The molecule has 150 valence electrons. The van der Waals surface area contributed by atoms with Crippen LogP contribution in [0.5, 0.6) is 0 Å². The lowest BCUT2D eigenvalue weighted by molar-refractivity contribution is 0.0804. The van der Waals surface area contributed by atoms with Crippen molar-refractivity contribution in [2.24, 2.45) is 4.99 Å². The van der Waals surface area contributed by atoms with E-state index in [0.717, 1.165) is 36.0 Å². The molecular formula is C20H32FN5O. The number of allylic oxidation sites excluding steroid dienone is 2. The quantitative estimate of drug-likeness (QED) is 0.604. The Kier molecular flexibility index (Phi) is 7.91. The van der Waals surface area contributed by atoms with Crippen molar-refractivity contribution < 1.29 is 9.13 Å². The van der Waals surface area contributed by atoms with Crippen molar-refractivity contribution in [1.82, 2.24) is 20.9 Å². The van der Waals surface area contributed by atoms with E-state index in [0.29, 0.717) is 6.42 Å². The summed E-state index contributed by atoms with van der Waals surface area (Å²) in [6.07, 6.45) is 7.48. The van der Waals surface area contributed by atoms with Crippen molar-refractivity contribution in [2.45, 2.75) is 32.5 Å². The highest BCUT2D eigenvalue weighted by Gasteiger charge is 2.19. The van der Waals surface area contributed by atoms with Crippen LogP contribution in [0.1, 0.15) is 20.3 Å². The smallest absolute Gasteiger partial charge is 0.192 e. The second-order valence-corrected chi connectivity index (χ2v) is 6.78. The standard InChI is InChI=1S/C20H32FN5O/c1-6-16(21)13-27-20-14(2)9-15(12-26(20)5)10-24-11-17-18(22-3)7-8-25-19(17)23-4/h7-9,11,16,18,22,24H,6,10,12-13H2,1-5H3,(H,23,25)/b17-11+. The highest BCUT2D eigenvalue weighted by molar-refractivity contribution is 6.00. The van der Waals surface area contributed by atoms with Gasteiger partial charge in [0.2, 0.25) is 0 Å². The van der Waals surface area contributed by atoms with E-state index in [1.54, 1.807) is 6.20 Å². The van der Waals surface area contributed by atoms with Crippen molar-refractivity contribution in [1.29, 1.82) is 0 Å². The molecule has 0 radical (unpaired) electrons. The third-order valence-electron chi connectivity index (χ3n) is 4.61. The summed E-state index contributed by atoms with van der Waals surface area (Å²) in [6.45, 7) is 5.39. The fourth-order valence-corrected chi connectivity index (χ4v) is 3.15. The van der Waals surface area contributed by atoms with E-state index in [4.69, 9.17) is 4.74 Å². The third kappa shape index (κ3) is 5.60. The molecule has 0 aromatic carbocycles. The number of ether oxygens (including phenoxy) is 1. The summed E-state index contributed by atoms with van der Waals surface area (Å²) in [6, 6.07) is 0.120. The number of aliphatic imine (C=N–C) groups is 1. The van der Waals surface area contributed by atoms with Crippen LogP contribution < -0.4 is 16.0 Å². The van der Waals surface area contributed by atoms with E-state index in [2.05, 4.69) is 27.0 Å². The fourth-order valence-electron chi connectivity index (χ4n) is 3.15. The molecule has 0 spiro atoms. The van der Waals surface area contributed by atoms with Crippen LogP contribution >= 0.6 is 0 Å². The lowest BCUT2D eigenvalue weighted by Gasteiger charge is -2.29. The van der Waals surface area contributed by atoms with Gasteiger partial charge in [-0.15, -0.1) is 0 Å². The van der Waals surface area contributed by atoms with E-state index in [9.17, 15) is 4.39 Å². The number of nitrogens with zero attached hydrogens (tertiary/aromatic N) is 2. The summed E-state index contributed by atoms with van der Waals surface area (Å²) in [5, 5.41) is 9.78. The molecule has 0 aromatic heterocycles. The maximum atomic E-state index is 13.5. The van der Waals surface area contributed by atoms with Crippen molar-refractivity contribution >= 4 is 5.84 Å². The van der Waals surface area contributed by atoms with Gasteiger partial charge in [-0.3, -0.25) is 0 Å². The van der Waals surface area contributed by atoms with Gasteiger partial charge in [-0.05, 0) is 32.0 Å². The van der Waals surface area contributed by atoms with Crippen LogP contribution in [0, 0.1) is 0 Å². The van der Waals surface area contributed by atoms with Gasteiger partial charge in [-0.1, -0.05) is 13.0 Å². The predicted molar refractivity (Wildman–Crippen MR) is 109 cm³/mol. The van der Waals surface area contributed by atoms with Gasteiger partial charge in [0.1, 0.15) is 18.6 Å². The third-order valence-corrected chi connectivity index (χ3v) is 4.61. The van der Waals surface area contributed by atoms with Crippen LogP contribution in [0.15, 0.2) is 52.1 Å². The second kappa shape index (κ2) is 10.2. The Morgan fingerprint density at radius 1 is 1.44 bits per heavy atom. The molecule has 0 saturated carbocycles. The predicted octanol–water partition coefficient (Wildman–Crippen LogP) is 2.06. The molecule has 2 aliphatic heterocycles. The number of alkyl halides is 1. The zero-order valence-electron chi connectivity index (χ0n) is 17.0. The highest BCUT2D eigenvalue weighted by atomic mass is 19.1. The Labute approximate surface area is 161 Å². The normalized spacial score (nSPS) is 22.5. The molecule has 2 unspecified atom stereocenters. The minimum absolute atomic E-state index is 0.103. The largest absolute Gasteiger partial charge is 0.476 e. The van der Waals surface area contributed by atoms with Gasteiger partial charge in [-0.25, -0.2) is 9.38 Å². The number of hydrogen-bond donors (Lipinski definition) is 3. The van der Waals surface area contributed by atoms with E-state index in [1.165, 1.54) is 5.57 Å². The lowest BCUT2D eigenvalue weighted by atomic mass is 10.0. The molecule has 2 rings (SSSR count). The summed E-state index contributed by atoms with van der Waals surface area (Å²) in [7, 11) is 5.77. The zero-order valence-corrected chi connectivity index (χ0v) is 17.0. The first-order valence-electron chi connectivity index (χ1n) is 9.41. The Bertz CT molecular complexity index is 665. The molecule has 3 N–H and O–H groups in total. The van der Waals surface area contributed by atoms with Crippen LogP contribution in [-0.4, -0.2) is 63.8 Å². The Hall–Kier alpha value is -2.28. The van der Waals surface area contributed by atoms with Gasteiger partial charge in [0, 0.05) is 50.7 Å². The summed E-state index contributed by atoms with van der Waals surface area (Å²) < 4.78 is 19.1. The van der Waals surface area contributed by atoms with Crippen LogP contribution in [0.3, 0.4) is 0 Å². The van der Waals surface area contributed by atoms with Gasteiger partial charge >= 0.3 is 0 Å². The first-order chi connectivity index (χ1) is 13.0. The minimum Gasteiger partial charge on any atom is -0.476 e. The number of halogens is 1. The number of rotatable bonds is 8. The maximum Gasteiger partial charge on any atom is 0.192 e. The van der Waals surface area contributed by atoms with Crippen molar-refractivity contribution in [2.75, 3.05) is 40.8 Å². The molecule has 6 nitrogen and oxygen atoms in total. The summed E-state index contributed by atoms with van der Waals surface area (Å²) in [5.74, 6) is 1.60. The van der Waals surface area contributed by atoms with Crippen LogP contribution in [0.2, 0.25) is 0 Å². The molecule has 7 heteroatoms. The maximum absolute atomic E-state index is 13.5. The number of nitrogens with one attached hydrogen (secondary N) is 3. The molecule has 0 aliphatic carbocycles. The van der Waals surface area contributed by atoms with E-state index >= 15 is 0 Å². The van der Waals surface area contributed by atoms with Gasteiger partial charge in [-0.2, -0.15) is 0 Å². The SMILES string of the molecule is CCC(F)COC1=C(C)C=C(CN/C=C2/C(NC)=NC=CC2NC)CN1C. The highest BCUT2D eigenvalue weighted by Crippen LogP contribution is 2.21. The molecule has 0 bridgehead atoms. The van der Waals surface area contributed by atoms with Crippen molar-refractivity contribution in [3.8, 4) is 0 Å². The Morgan fingerprint density at radius 2 is 2.22 bits per heavy atom. The molecule has 2 atom stereocenters. The molecule has 0 fully saturated rings. The average Bonchev–Trinajstić information content (AvgIpc) is 2.67. The number of likely N-dealkylation sites (N-methyl/N-ethyl adjacent to an activating group) is 3. The number of amidine groups is 1. The summed E-state index contributed by atoms with van der Waals surface area (Å²) in [4.78, 5) is 6.40. The molecule has 0 amide bonds. The van der Waals surface area contributed by atoms with E-state index in [-0.39, 0.29) is 12.6 Å². The molecule has 0 saturated heterocycles. The van der Waals surface area contributed by atoms with Gasteiger partial charge in [0.05, 0.1) is 6.04 Å². The van der Waals surface area contributed by atoms with Crippen molar-refractivity contribution in [3.05, 3.63) is 47.2 Å². The molecule has 2 aliphatic rings. The molecule has 27 heavy (non-hydrogen) atoms. The summed E-state index contributed by atoms with van der Waals surface area (Å²) >= 11 is 0. The molecule has 2 heterocycles. The summed E-state index contributed by atoms with van der Waals surface area (Å²) in [5.41, 5.74) is 3.32. The molecule has 0 aromatic rings. The van der Waals surface area contributed by atoms with Crippen molar-refractivity contribution in [3.63, 3.8) is 0 Å². The van der Waals surface area contributed by atoms with E-state index in [1.807, 2.05) is 52.2 Å². The Balaban J connectivity index is 2.00. The monoisotopic (exact) mass is 377 g/mol. The van der Waals surface area contributed by atoms with Gasteiger partial charge < -0.3 is 25.6 Å².